The fourth-order valence-corrected chi connectivity index (χ4v) is 5.56. The number of anilines is 1. The maximum atomic E-state index is 15.8. The van der Waals surface area contributed by atoms with Gasteiger partial charge >= 0.3 is 0 Å². The topological polar surface area (TPSA) is 79.7 Å². The van der Waals surface area contributed by atoms with Gasteiger partial charge in [0.1, 0.15) is 16.8 Å². The van der Waals surface area contributed by atoms with Crippen LogP contribution in [0.3, 0.4) is 0 Å². The molecule has 1 amide bonds. The Balaban J connectivity index is 1.45. The summed E-state index contributed by atoms with van der Waals surface area (Å²) < 4.78 is 24.1. The van der Waals surface area contributed by atoms with Crippen LogP contribution in [0.5, 0.6) is 11.5 Å². The Bertz CT molecular complexity index is 1890. The number of carbonyl (C=O) groups is 1. The van der Waals surface area contributed by atoms with Crippen molar-refractivity contribution in [3.8, 4) is 17.2 Å². The van der Waals surface area contributed by atoms with Gasteiger partial charge in [-0.25, -0.2) is 4.39 Å². The van der Waals surface area contributed by atoms with Crippen molar-refractivity contribution in [3.63, 3.8) is 0 Å². The quantitative estimate of drug-likeness (QED) is 0.205. The third-order valence-corrected chi connectivity index (χ3v) is 7.86. The second-order valence-electron chi connectivity index (χ2n) is 11.2. The molecule has 6 rings (SSSR count). The van der Waals surface area contributed by atoms with Crippen molar-refractivity contribution in [2.45, 2.75) is 19.3 Å². The summed E-state index contributed by atoms with van der Waals surface area (Å²) >= 11 is 0. The fraction of sp³-hybridized carbons (Fsp3) is 0.265. The van der Waals surface area contributed by atoms with E-state index in [1.54, 1.807) is 24.0 Å². The molecule has 3 aromatic carbocycles. The van der Waals surface area contributed by atoms with Gasteiger partial charge in [-0.1, -0.05) is 36.4 Å². The van der Waals surface area contributed by atoms with Crippen molar-refractivity contribution in [1.29, 1.82) is 0 Å². The van der Waals surface area contributed by atoms with Crippen LogP contribution in [0, 0.1) is 5.82 Å². The second kappa shape index (κ2) is 11.9. The Kier molecular flexibility index (Phi) is 7.82. The lowest BCUT2D eigenvalue weighted by Gasteiger charge is -2.27. The third-order valence-electron chi connectivity index (χ3n) is 7.86. The van der Waals surface area contributed by atoms with Crippen LogP contribution in [0.15, 0.2) is 77.9 Å². The van der Waals surface area contributed by atoms with Crippen LogP contribution in [0.1, 0.15) is 28.9 Å². The Labute approximate surface area is 249 Å². The minimum atomic E-state index is -0.601. The van der Waals surface area contributed by atoms with Crippen molar-refractivity contribution in [3.05, 3.63) is 100 Å². The number of ether oxygens (including phenoxy) is 1. The normalized spacial score (nSPS) is 11.9. The first-order valence-corrected chi connectivity index (χ1v) is 14.5. The molecule has 8 nitrogen and oxygen atoms in total. The molecule has 0 bridgehead atoms. The summed E-state index contributed by atoms with van der Waals surface area (Å²) in [5, 5.41) is 5.13. The molecule has 2 aromatic heterocycles. The predicted molar refractivity (Wildman–Crippen MR) is 168 cm³/mol. The molecule has 0 unspecified atom stereocenters. The molecule has 0 radical (unpaired) electrons. The highest BCUT2D eigenvalue weighted by Crippen LogP contribution is 2.47. The lowest BCUT2D eigenvalue weighted by atomic mass is 10.0. The number of unbranched alkanes of at least 4 members (excludes halogenated alkanes) is 1. The number of nitrogens with zero attached hydrogens (tertiary/aromatic N) is 4. The molecule has 1 aliphatic rings. The molecule has 1 N–H and O–H groups in total. The number of rotatable bonds is 10. The first-order valence-electron chi connectivity index (χ1n) is 14.5. The average Bonchev–Trinajstić information content (AvgIpc) is 3.01. The Morgan fingerprint density at radius 2 is 1.79 bits per heavy atom. The van der Waals surface area contributed by atoms with E-state index in [-0.39, 0.29) is 22.4 Å². The molecule has 0 saturated heterocycles. The number of benzene rings is 3. The standard InChI is InChI=1S/C34H34FN5O3/c1-38(2)18-9-8-17-37-29-27(35)20-25-30-33(29)43-32-24-12-5-4-10-22(24)13-14-28(32)40(30)21-26(31(25)41)34(42)39(3)19-15-23-11-6-7-16-36-23/h4-7,10-14,16,20-21,37H,8-9,15,17-19H2,1-3H3. The fourth-order valence-electron chi connectivity index (χ4n) is 5.56. The summed E-state index contributed by atoms with van der Waals surface area (Å²) in [6, 6.07) is 18.5. The van der Waals surface area contributed by atoms with Gasteiger partial charge in [0.15, 0.2) is 17.3 Å². The lowest BCUT2D eigenvalue weighted by Crippen LogP contribution is -2.33. The number of hydrogen-bond acceptors (Lipinski definition) is 6. The number of aromatic nitrogens is 2. The predicted octanol–water partition coefficient (Wildman–Crippen LogP) is 5.85. The van der Waals surface area contributed by atoms with Crippen LogP contribution in [0.4, 0.5) is 10.1 Å². The van der Waals surface area contributed by atoms with E-state index in [2.05, 4.69) is 15.2 Å². The Morgan fingerprint density at radius 3 is 2.58 bits per heavy atom. The summed E-state index contributed by atoms with van der Waals surface area (Å²) in [7, 11) is 5.70. The SMILES string of the molecule is CN(C)CCCCNc1c(F)cc2c(=O)c(C(=O)N(C)CCc3ccccn3)cn3c2c1Oc1c-3ccc2ccccc12. The van der Waals surface area contributed by atoms with E-state index in [0.717, 1.165) is 35.9 Å². The van der Waals surface area contributed by atoms with E-state index in [1.807, 2.05) is 68.7 Å². The molecule has 3 heterocycles. The van der Waals surface area contributed by atoms with Crippen molar-refractivity contribution in [2.24, 2.45) is 0 Å². The average molecular weight is 580 g/mol. The number of nitrogens with one attached hydrogen (secondary N) is 1. The van der Waals surface area contributed by atoms with Gasteiger partial charge in [-0.3, -0.25) is 14.6 Å². The van der Waals surface area contributed by atoms with Crippen LogP contribution in [0.2, 0.25) is 0 Å². The molecule has 0 saturated carbocycles. The number of carbonyl (C=O) groups excluding carboxylic acids is 1. The number of likely N-dealkylation sites (N-methyl/N-ethyl adjacent to an activating group) is 1. The van der Waals surface area contributed by atoms with Crippen molar-refractivity contribution in [1.82, 2.24) is 19.4 Å². The van der Waals surface area contributed by atoms with Crippen LogP contribution in [-0.2, 0) is 6.42 Å². The van der Waals surface area contributed by atoms with Crippen LogP contribution >= 0.6 is 0 Å². The molecule has 0 aliphatic carbocycles. The summed E-state index contributed by atoms with van der Waals surface area (Å²) in [5.41, 5.74) is 1.58. The van der Waals surface area contributed by atoms with Gasteiger partial charge < -0.3 is 24.4 Å². The van der Waals surface area contributed by atoms with Crippen molar-refractivity contribution >= 4 is 33.3 Å². The first-order chi connectivity index (χ1) is 20.8. The molecule has 5 aromatic rings. The maximum Gasteiger partial charge on any atom is 0.259 e. The molecule has 220 valence electrons. The molecule has 9 heteroatoms. The summed E-state index contributed by atoms with van der Waals surface area (Å²) in [5.74, 6) is -0.259. The number of hydrogen-bond donors (Lipinski definition) is 1. The maximum absolute atomic E-state index is 15.8. The number of halogens is 1. The zero-order valence-corrected chi connectivity index (χ0v) is 24.6. The van der Waals surface area contributed by atoms with Gasteiger partial charge in [0.05, 0.1) is 11.1 Å². The van der Waals surface area contributed by atoms with E-state index in [1.165, 1.54) is 11.0 Å². The molecular formula is C34H34FN5O3. The highest BCUT2D eigenvalue weighted by atomic mass is 19.1. The zero-order valence-electron chi connectivity index (χ0n) is 24.6. The van der Waals surface area contributed by atoms with Gasteiger partial charge in [0.2, 0.25) is 5.43 Å². The zero-order chi connectivity index (χ0) is 30.1. The van der Waals surface area contributed by atoms with Gasteiger partial charge in [0.25, 0.3) is 5.91 Å². The van der Waals surface area contributed by atoms with E-state index < -0.39 is 17.2 Å². The van der Waals surface area contributed by atoms with Crippen molar-refractivity contribution < 1.29 is 13.9 Å². The highest BCUT2D eigenvalue weighted by molar-refractivity contribution is 6.03. The lowest BCUT2D eigenvalue weighted by molar-refractivity contribution is 0.0794. The van der Waals surface area contributed by atoms with Gasteiger partial charge in [-0.05, 0) is 63.1 Å². The first kappa shape index (κ1) is 28.4. The van der Waals surface area contributed by atoms with Crippen molar-refractivity contribution in [2.75, 3.05) is 46.1 Å². The highest BCUT2D eigenvalue weighted by Gasteiger charge is 2.30. The number of amides is 1. The minimum Gasteiger partial charge on any atom is -0.450 e. The number of fused-ring (bicyclic) bond motifs is 4. The summed E-state index contributed by atoms with van der Waals surface area (Å²) in [6.07, 6.45) is 5.60. The molecule has 1 aliphatic heterocycles. The molecule has 0 spiro atoms. The van der Waals surface area contributed by atoms with Gasteiger partial charge in [-0.2, -0.15) is 0 Å². The second-order valence-corrected chi connectivity index (χ2v) is 11.2. The van der Waals surface area contributed by atoms with Crippen LogP contribution < -0.4 is 15.5 Å². The number of pyridine rings is 2. The summed E-state index contributed by atoms with van der Waals surface area (Å²) in [6.45, 7) is 1.84. The largest absolute Gasteiger partial charge is 0.450 e. The molecule has 0 atom stereocenters. The Morgan fingerprint density at radius 1 is 0.977 bits per heavy atom. The molecule has 43 heavy (non-hydrogen) atoms. The smallest absolute Gasteiger partial charge is 0.259 e. The van der Waals surface area contributed by atoms with E-state index >= 15 is 4.39 Å². The molecule has 0 fully saturated rings. The third kappa shape index (κ3) is 5.44. The molecular weight excluding hydrogens is 545 g/mol. The van der Waals surface area contributed by atoms with E-state index in [4.69, 9.17) is 4.74 Å². The minimum absolute atomic E-state index is 0.0354. The van der Waals surface area contributed by atoms with Crippen LogP contribution in [0.25, 0.3) is 27.4 Å². The van der Waals surface area contributed by atoms with Gasteiger partial charge in [0, 0.05) is 50.0 Å². The van der Waals surface area contributed by atoms with E-state index in [9.17, 15) is 9.59 Å². The van der Waals surface area contributed by atoms with Crippen LogP contribution in [-0.4, -0.2) is 66.0 Å². The van der Waals surface area contributed by atoms with E-state index in [0.29, 0.717) is 36.5 Å². The monoisotopic (exact) mass is 579 g/mol. The summed E-state index contributed by atoms with van der Waals surface area (Å²) in [4.78, 5) is 35.4. The van der Waals surface area contributed by atoms with Gasteiger partial charge in [-0.15, -0.1) is 0 Å². The Hall–Kier alpha value is -4.76.